The summed E-state index contributed by atoms with van der Waals surface area (Å²) in [5.74, 6) is -6.42. The molecule has 4 fully saturated rings. The first-order chi connectivity index (χ1) is 34.8. The fraction of sp³-hybridized carbons (Fsp3) is 0.526. The largest absolute Gasteiger partial charge is 0.478 e. The van der Waals surface area contributed by atoms with Crippen LogP contribution in [0.25, 0.3) is 33.2 Å². The van der Waals surface area contributed by atoms with E-state index in [1.54, 1.807) is 72.9 Å². The Kier molecular flexibility index (Phi) is 14.7. The van der Waals surface area contributed by atoms with E-state index in [9.17, 15) is 36.7 Å². The van der Waals surface area contributed by atoms with Gasteiger partial charge in [0.2, 0.25) is 0 Å². The predicted molar refractivity (Wildman–Crippen MR) is 278 cm³/mol. The first kappa shape index (κ1) is 55.4. The van der Waals surface area contributed by atoms with Crippen LogP contribution in [0, 0.1) is 30.1 Å². The maximum Gasteiger partial charge on any atom is 0.410 e. The molecule has 4 bridgehead atoms. The number of alkyl halides is 3. The molecule has 3 atom stereocenters. The van der Waals surface area contributed by atoms with Crippen LogP contribution in [0.4, 0.5) is 18.0 Å². The third-order valence-electron chi connectivity index (χ3n) is 14.6. The van der Waals surface area contributed by atoms with Crippen molar-refractivity contribution in [2.75, 3.05) is 25.4 Å². The number of aromatic carboxylic acids is 1. The number of nitrogens with zero attached hydrogens (tertiary/aromatic N) is 4. The molecule has 4 aliphatic rings. The number of ether oxygens (including phenoxy) is 3. The minimum atomic E-state index is -4.86. The summed E-state index contributed by atoms with van der Waals surface area (Å²) < 4.78 is 95.2. The van der Waals surface area contributed by atoms with E-state index in [-0.39, 0.29) is 53.6 Å². The van der Waals surface area contributed by atoms with Crippen LogP contribution < -0.4 is 0 Å². The molecule has 14 nitrogen and oxygen atoms in total. The van der Waals surface area contributed by atoms with Crippen LogP contribution in [0.1, 0.15) is 138 Å². The third-order valence-corrected chi connectivity index (χ3v) is 15.9. The molecule has 3 aromatic carbocycles. The molecule has 3 unspecified atom stereocenters. The zero-order chi connectivity index (χ0) is 54.7. The Bertz CT molecular complexity index is 3090. The number of carbonyl (C=O) groups is 3. The van der Waals surface area contributed by atoms with Crippen LogP contribution in [-0.4, -0.2) is 99.9 Å². The number of carbonyl (C=O) groups excluding carboxylic acids is 2. The molecule has 2 heterocycles. The molecule has 0 saturated heterocycles. The maximum atomic E-state index is 15.7. The van der Waals surface area contributed by atoms with Crippen LogP contribution >= 0.6 is 0 Å². The van der Waals surface area contributed by atoms with Crippen molar-refractivity contribution in [1.29, 1.82) is 0 Å². The number of carboxylic acids is 1. The molecule has 4 aliphatic carbocycles. The van der Waals surface area contributed by atoms with Crippen LogP contribution in [0.5, 0.6) is 0 Å². The highest BCUT2D eigenvalue weighted by molar-refractivity contribution is 7.86. The summed E-state index contributed by atoms with van der Waals surface area (Å²) in [6, 6.07) is 19.1. The standard InChI is InChI=1S/C57H69F3N4O10S/c1-36-15-19-40(20-16-36)57(60,49(58)59)74-75(69,70)26-12-23-63(50(68)73-52(6,7)8)24-25-71-56-32-53(9)29-54(10,33-56)31-55(30-53,34-56)35-64-37(2)44(28-61-64)41-21-22-45(62-46(41)48(67)72-51(3,4)5)39-18-17-38-13-11-14-42(47(65)66)43(38)27-39/h11,13-22,27-28,49H,12,23-26,29-35H2,1-10H3,(H,65,66). The molecule has 5 aromatic rings. The van der Waals surface area contributed by atoms with Gasteiger partial charge in [-0.05, 0) is 152 Å². The average molecular weight is 1060 g/mol. The van der Waals surface area contributed by atoms with E-state index in [2.05, 4.69) is 18.0 Å². The van der Waals surface area contributed by atoms with Gasteiger partial charge in [-0.15, -0.1) is 0 Å². The first-order valence-electron chi connectivity index (χ1n) is 25.5. The molecule has 4 saturated carbocycles. The second-order valence-electron chi connectivity index (χ2n) is 24.1. The molecule has 2 aromatic heterocycles. The van der Waals surface area contributed by atoms with E-state index in [4.69, 9.17) is 24.3 Å². The zero-order valence-electron chi connectivity index (χ0n) is 44.5. The number of aromatic nitrogens is 3. The lowest BCUT2D eigenvalue weighted by Crippen LogP contribution is -2.64. The lowest BCUT2D eigenvalue weighted by molar-refractivity contribution is -0.248. The van der Waals surface area contributed by atoms with E-state index >= 15 is 4.39 Å². The van der Waals surface area contributed by atoms with Gasteiger partial charge >= 0.3 is 30.3 Å². The lowest BCUT2D eigenvalue weighted by Gasteiger charge is -2.69. The second-order valence-corrected chi connectivity index (χ2v) is 25.8. The molecule has 18 heteroatoms. The van der Waals surface area contributed by atoms with Gasteiger partial charge < -0.3 is 24.2 Å². The van der Waals surface area contributed by atoms with Crippen molar-refractivity contribution >= 4 is 38.9 Å². The smallest absolute Gasteiger partial charge is 0.410 e. The lowest BCUT2D eigenvalue weighted by atomic mass is 9.39. The van der Waals surface area contributed by atoms with E-state index < -0.39 is 68.5 Å². The van der Waals surface area contributed by atoms with Crippen LogP contribution in [0.15, 0.2) is 79.0 Å². The monoisotopic (exact) mass is 1060 g/mol. The van der Waals surface area contributed by atoms with Crippen molar-refractivity contribution in [3.05, 3.63) is 107 Å². The van der Waals surface area contributed by atoms with E-state index in [1.807, 2.05) is 41.9 Å². The Labute approximate surface area is 437 Å². The Morgan fingerprint density at radius 1 is 0.827 bits per heavy atom. The van der Waals surface area contributed by atoms with Crippen molar-refractivity contribution in [3.63, 3.8) is 0 Å². The molecular weight excluding hydrogens is 990 g/mol. The normalized spacial score (nSPS) is 23.3. The molecule has 0 spiro atoms. The predicted octanol–water partition coefficient (Wildman–Crippen LogP) is 12.2. The molecule has 404 valence electrons. The van der Waals surface area contributed by atoms with Gasteiger partial charge in [0.25, 0.3) is 10.1 Å². The van der Waals surface area contributed by atoms with Gasteiger partial charge in [-0.25, -0.2) is 32.3 Å². The Morgan fingerprint density at radius 3 is 2.12 bits per heavy atom. The minimum absolute atomic E-state index is 0.0319. The van der Waals surface area contributed by atoms with Crippen molar-refractivity contribution < 1.29 is 59.5 Å². The summed E-state index contributed by atoms with van der Waals surface area (Å²) >= 11 is 0. The van der Waals surface area contributed by atoms with Gasteiger partial charge in [0.05, 0.1) is 35.4 Å². The second kappa shape index (κ2) is 19.9. The van der Waals surface area contributed by atoms with Crippen LogP contribution in [0.3, 0.4) is 0 Å². The van der Waals surface area contributed by atoms with Gasteiger partial charge in [0, 0.05) is 47.6 Å². The third kappa shape index (κ3) is 12.2. The summed E-state index contributed by atoms with van der Waals surface area (Å²) in [5.41, 5.74) is 0.777. The molecular formula is C57H69F3N4O10S. The minimum Gasteiger partial charge on any atom is -0.478 e. The number of carboxylic acid groups (broad SMARTS) is 1. The highest BCUT2D eigenvalue weighted by Gasteiger charge is 2.66. The number of halogens is 3. The molecule has 0 aliphatic heterocycles. The van der Waals surface area contributed by atoms with E-state index in [0.717, 1.165) is 55.3 Å². The summed E-state index contributed by atoms with van der Waals surface area (Å²) in [6.07, 6.45) is 2.16. The van der Waals surface area contributed by atoms with Gasteiger partial charge in [0.15, 0.2) is 5.69 Å². The van der Waals surface area contributed by atoms with Gasteiger partial charge in [-0.1, -0.05) is 67.9 Å². The van der Waals surface area contributed by atoms with E-state index in [0.29, 0.717) is 46.3 Å². The molecule has 9 rings (SSSR count). The highest BCUT2D eigenvalue weighted by atomic mass is 32.2. The number of pyridine rings is 1. The number of amides is 1. The fourth-order valence-corrected chi connectivity index (χ4v) is 14.0. The van der Waals surface area contributed by atoms with Crippen molar-refractivity contribution in [1.82, 2.24) is 19.7 Å². The number of hydrogen-bond donors (Lipinski definition) is 1. The van der Waals surface area contributed by atoms with Crippen LogP contribution in [0.2, 0.25) is 0 Å². The SMILES string of the molecule is Cc1ccc(C(F)(OS(=O)(=O)CCCN(CCOC23CC4(C)CC(C)(CC(Cn5ncc(-c6ccc(-c7ccc8cccc(C(=O)O)c8c7)nc6C(=O)OC(C)(C)C)c5C)(C4)C2)C3)C(=O)OC(C)(C)C)C(F)F)cc1. The molecule has 0 radical (unpaired) electrons. The number of aryl methyl sites for hydroxylation is 1. The molecule has 1 N–H and O–H groups in total. The fourth-order valence-electron chi connectivity index (χ4n) is 12.9. The molecule has 1 amide bonds. The summed E-state index contributed by atoms with van der Waals surface area (Å²) in [7, 11) is -4.86. The summed E-state index contributed by atoms with van der Waals surface area (Å²) in [4.78, 5) is 46.0. The Morgan fingerprint density at radius 2 is 1.49 bits per heavy atom. The van der Waals surface area contributed by atoms with Gasteiger partial charge in [0.1, 0.15) is 11.2 Å². The van der Waals surface area contributed by atoms with Crippen molar-refractivity contribution in [2.45, 2.75) is 150 Å². The van der Waals surface area contributed by atoms with Gasteiger partial charge in [-0.2, -0.15) is 17.9 Å². The highest BCUT2D eigenvalue weighted by Crippen LogP contribution is 2.72. The van der Waals surface area contributed by atoms with E-state index in [1.165, 1.54) is 17.0 Å². The number of rotatable bonds is 18. The Hall–Kier alpha value is -5.85. The topological polar surface area (TPSA) is 176 Å². The number of esters is 1. The summed E-state index contributed by atoms with van der Waals surface area (Å²) in [5, 5.41) is 16.2. The van der Waals surface area contributed by atoms with Crippen LogP contribution in [-0.2, 0) is 40.9 Å². The maximum absolute atomic E-state index is 15.7. The number of fused-ring (bicyclic) bond motifs is 1. The zero-order valence-corrected chi connectivity index (χ0v) is 45.3. The van der Waals surface area contributed by atoms with Crippen molar-refractivity contribution in [2.24, 2.45) is 16.2 Å². The average Bonchev–Trinajstić information content (AvgIpc) is 3.63. The number of hydrogen-bond acceptors (Lipinski definition) is 11. The quantitative estimate of drug-likeness (QED) is 0.0650. The number of benzene rings is 3. The first-order valence-corrected chi connectivity index (χ1v) is 27.0. The molecule has 75 heavy (non-hydrogen) atoms. The van der Waals surface area contributed by atoms with Gasteiger partial charge in [-0.3, -0.25) is 4.68 Å². The van der Waals surface area contributed by atoms with Crippen molar-refractivity contribution in [3.8, 4) is 22.4 Å². The summed E-state index contributed by atoms with van der Waals surface area (Å²) in [6.45, 7) is 19.3. The Balaban J connectivity index is 1.01.